The summed E-state index contributed by atoms with van der Waals surface area (Å²) in [4.78, 5) is 0. The average molecular weight is 150 g/mol. The first-order valence-electron chi connectivity index (χ1n) is 4.59. The maximum atomic E-state index is 4.10. The molecule has 0 bridgehead atoms. The van der Waals surface area contributed by atoms with Gasteiger partial charge >= 0.3 is 0 Å². The van der Waals surface area contributed by atoms with E-state index in [-0.39, 0.29) is 0 Å². The Morgan fingerprint density at radius 3 is 2.91 bits per heavy atom. The van der Waals surface area contributed by atoms with Crippen molar-refractivity contribution in [2.24, 2.45) is 5.92 Å². The molecule has 0 aromatic heterocycles. The third-order valence-corrected chi connectivity index (χ3v) is 2.45. The minimum absolute atomic E-state index is 0.689. The first-order chi connectivity index (χ1) is 5.24. The molecule has 0 nitrogen and oxygen atoms in total. The summed E-state index contributed by atoms with van der Waals surface area (Å²) in [5, 5.41) is 0. The summed E-state index contributed by atoms with van der Waals surface area (Å²) in [6.45, 7) is 8.58. The van der Waals surface area contributed by atoms with Gasteiger partial charge in [0.1, 0.15) is 0 Å². The molecule has 0 fully saturated rings. The summed E-state index contributed by atoms with van der Waals surface area (Å²) in [5.74, 6) is 0.689. The van der Waals surface area contributed by atoms with Crippen LogP contribution in [0.1, 0.15) is 39.5 Å². The van der Waals surface area contributed by atoms with E-state index in [2.05, 4.69) is 26.5 Å². The van der Waals surface area contributed by atoms with Gasteiger partial charge in [-0.05, 0) is 32.1 Å². The lowest BCUT2D eigenvalue weighted by Crippen LogP contribution is -2.05. The molecule has 0 radical (unpaired) electrons. The highest BCUT2D eigenvalue weighted by atomic mass is 14.2. The molecule has 0 N–H and O–H groups in total. The topological polar surface area (TPSA) is 0 Å². The summed E-state index contributed by atoms with van der Waals surface area (Å²) in [7, 11) is 0. The first kappa shape index (κ1) is 8.58. The van der Waals surface area contributed by atoms with Crippen molar-refractivity contribution in [1.29, 1.82) is 0 Å². The zero-order valence-corrected chi connectivity index (χ0v) is 7.69. The summed E-state index contributed by atoms with van der Waals surface area (Å²) in [5.41, 5.74) is 2.99. The molecule has 0 saturated carbocycles. The summed E-state index contributed by atoms with van der Waals surface area (Å²) in [6, 6.07) is 0. The average Bonchev–Trinajstić information content (AvgIpc) is 1.98. The van der Waals surface area contributed by atoms with Crippen LogP contribution in [-0.4, -0.2) is 0 Å². The molecule has 1 aliphatic rings. The standard InChI is InChI=1S/C11H18/c1-4-5-11-8-9(2)6-7-10(11)3/h8,11H,3-7H2,1-2H3. The van der Waals surface area contributed by atoms with Gasteiger partial charge in [0.15, 0.2) is 0 Å². The van der Waals surface area contributed by atoms with E-state index in [1.165, 1.54) is 31.3 Å². The molecule has 0 aromatic rings. The molecule has 62 valence electrons. The van der Waals surface area contributed by atoms with E-state index in [4.69, 9.17) is 0 Å². The van der Waals surface area contributed by atoms with Crippen molar-refractivity contribution < 1.29 is 0 Å². The predicted octanol–water partition coefficient (Wildman–Crippen LogP) is 3.70. The Morgan fingerprint density at radius 2 is 2.27 bits per heavy atom. The van der Waals surface area contributed by atoms with Crippen LogP contribution in [0.25, 0.3) is 0 Å². The van der Waals surface area contributed by atoms with Crippen molar-refractivity contribution in [3.05, 3.63) is 23.8 Å². The molecule has 1 atom stereocenters. The second-order valence-electron chi connectivity index (χ2n) is 3.57. The zero-order valence-electron chi connectivity index (χ0n) is 7.69. The molecular formula is C11H18. The molecule has 0 amide bonds. The Kier molecular flexibility index (Phi) is 2.92. The minimum atomic E-state index is 0.689. The zero-order chi connectivity index (χ0) is 8.27. The van der Waals surface area contributed by atoms with Crippen LogP contribution in [0.15, 0.2) is 23.8 Å². The lowest BCUT2D eigenvalue weighted by Gasteiger charge is -2.21. The van der Waals surface area contributed by atoms with Crippen LogP contribution < -0.4 is 0 Å². The fourth-order valence-corrected chi connectivity index (χ4v) is 1.69. The normalized spacial score (nSPS) is 25.1. The van der Waals surface area contributed by atoms with Gasteiger partial charge in [0.05, 0.1) is 0 Å². The Labute approximate surface area is 70.0 Å². The molecule has 0 heteroatoms. The minimum Gasteiger partial charge on any atom is -0.0993 e. The monoisotopic (exact) mass is 150 g/mol. The Balaban J connectivity index is 2.59. The van der Waals surface area contributed by atoms with Crippen molar-refractivity contribution in [2.75, 3.05) is 0 Å². The highest BCUT2D eigenvalue weighted by Crippen LogP contribution is 2.29. The van der Waals surface area contributed by atoms with E-state index in [9.17, 15) is 0 Å². The molecular weight excluding hydrogens is 132 g/mol. The van der Waals surface area contributed by atoms with Crippen molar-refractivity contribution in [3.8, 4) is 0 Å². The van der Waals surface area contributed by atoms with Gasteiger partial charge in [0.25, 0.3) is 0 Å². The second-order valence-corrected chi connectivity index (χ2v) is 3.57. The van der Waals surface area contributed by atoms with Crippen LogP contribution in [0.3, 0.4) is 0 Å². The Morgan fingerprint density at radius 1 is 1.55 bits per heavy atom. The lowest BCUT2D eigenvalue weighted by atomic mass is 9.85. The molecule has 0 aromatic carbocycles. The van der Waals surface area contributed by atoms with E-state index >= 15 is 0 Å². The Bertz CT molecular complexity index is 174. The van der Waals surface area contributed by atoms with E-state index < -0.39 is 0 Å². The van der Waals surface area contributed by atoms with Crippen LogP contribution in [-0.2, 0) is 0 Å². The van der Waals surface area contributed by atoms with Crippen LogP contribution in [0.2, 0.25) is 0 Å². The molecule has 1 unspecified atom stereocenters. The highest BCUT2D eigenvalue weighted by molar-refractivity contribution is 5.19. The lowest BCUT2D eigenvalue weighted by molar-refractivity contribution is 0.605. The number of rotatable bonds is 2. The summed E-state index contributed by atoms with van der Waals surface area (Å²) in [6.07, 6.45) is 7.41. The van der Waals surface area contributed by atoms with Gasteiger partial charge in [-0.1, -0.05) is 37.1 Å². The highest BCUT2D eigenvalue weighted by Gasteiger charge is 2.13. The van der Waals surface area contributed by atoms with Crippen LogP contribution in [0, 0.1) is 5.92 Å². The van der Waals surface area contributed by atoms with Crippen LogP contribution >= 0.6 is 0 Å². The fourth-order valence-electron chi connectivity index (χ4n) is 1.69. The number of hydrogen-bond acceptors (Lipinski definition) is 0. The van der Waals surface area contributed by atoms with E-state index in [1.807, 2.05) is 0 Å². The quantitative estimate of drug-likeness (QED) is 0.526. The largest absolute Gasteiger partial charge is 0.0993 e. The molecule has 1 aliphatic carbocycles. The number of hydrogen-bond donors (Lipinski definition) is 0. The maximum absolute atomic E-state index is 4.10. The SMILES string of the molecule is C=C1CCC(C)=CC1CCC. The van der Waals surface area contributed by atoms with Crippen molar-refractivity contribution in [3.63, 3.8) is 0 Å². The van der Waals surface area contributed by atoms with Crippen LogP contribution in [0.4, 0.5) is 0 Å². The van der Waals surface area contributed by atoms with Gasteiger partial charge < -0.3 is 0 Å². The second kappa shape index (κ2) is 3.75. The van der Waals surface area contributed by atoms with E-state index in [0.717, 1.165) is 0 Å². The molecule has 11 heavy (non-hydrogen) atoms. The van der Waals surface area contributed by atoms with Gasteiger partial charge in [0, 0.05) is 0 Å². The predicted molar refractivity (Wildman–Crippen MR) is 50.5 cm³/mol. The summed E-state index contributed by atoms with van der Waals surface area (Å²) >= 11 is 0. The van der Waals surface area contributed by atoms with Crippen molar-refractivity contribution in [2.45, 2.75) is 39.5 Å². The molecule has 0 heterocycles. The van der Waals surface area contributed by atoms with Gasteiger partial charge in [-0.2, -0.15) is 0 Å². The van der Waals surface area contributed by atoms with Crippen molar-refractivity contribution >= 4 is 0 Å². The molecule has 0 aliphatic heterocycles. The van der Waals surface area contributed by atoms with Gasteiger partial charge in [-0.15, -0.1) is 0 Å². The number of allylic oxidation sites excluding steroid dienone is 3. The first-order valence-corrected chi connectivity index (χ1v) is 4.59. The molecule has 1 rings (SSSR count). The van der Waals surface area contributed by atoms with E-state index in [0.29, 0.717) is 5.92 Å². The van der Waals surface area contributed by atoms with Crippen molar-refractivity contribution in [1.82, 2.24) is 0 Å². The smallest absolute Gasteiger partial charge is 0.00234 e. The Hall–Kier alpha value is -0.520. The van der Waals surface area contributed by atoms with Gasteiger partial charge in [-0.25, -0.2) is 0 Å². The molecule has 0 spiro atoms. The van der Waals surface area contributed by atoms with Crippen LogP contribution in [0.5, 0.6) is 0 Å². The maximum Gasteiger partial charge on any atom is -0.00234 e. The molecule has 0 saturated heterocycles. The third-order valence-electron chi connectivity index (χ3n) is 2.45. The third kappa shape index (κ3) is 2.21. The summed E-state index contributed by atoms with van der Waals surface area (Å²) < 4.78 is 0. The van der Waals surface area contributed by atoms with E-state index in [1.54, 1.807) is 5.57 Å². The fraction of sp³-hybridized carbons (Fsp3) is 0.636. The van der Waals surface area contributed by atoms with Gasteiger partial charge in [0.2, 0.25) is 0 Å². The van der Waals surface area contributed by atoms with Gasteiger partial charge in [-0.3, -0.25) is 0 Å².